The third-order valence-electron chi connectivity index (χ3n) is 5.63. The molecule has 9 heteroatoms. The molecule has 0 saturated heterocycles. The van der Waals surface area contributed by atoms with E-state index in [1.54, 1.807) is 42.6 Å². The van der Waals surface area contributed by atoms with Crippen molar-refractivity contribution < 1.29 is 19.4 Å². The van der Waals surface area contributed by atoms with E-state index < -0.39 is 5.91 Å². The number of rotatable bonds is 5. The fraction of sp³-hybridized carbons (Fsp3) is 0.0800. The monoisotopic (exact) mass is 457 g/mol. The van der Waals surface area contributed by atoms with Crippen molar-refractivity contribution in [3.05, 3.63) is 89.8 Å². The molecule has 0 unspecified atom stereocenters. The van der Waals surface area contributed by atoms with Crippen molar-refractivity contribution in [2.24, 2.45) is 0 Å². The first-order valence-corrected chi connectivity index (χ1v) is 10.5. The number of nitrogens with two attached hydrogens (primary N) is 1. The molecule has 0 aliphatic rings. The van der Waals surface area contributed by atoms with Gasteiger partial charge in [0.15, 0.2) is 5.75 Å². The fourth-order valence-electron chi connectivity index (χ4n) is 3.98. The lowest BCUT2D eigenvalue weighted by molar-refractivity contribution is 0.0953. The number of halogens is 1. The number of aromatic nitrogens is 3. The van der Waals surface area contributed by atoms with Crippen LogP contribution in [0.3, 0.4) is 0 Å². The van der Waals surface area contributed by atoms with E-state index in [0.717, 1.165) is 5.56 Å². The lowest BCUT2D eigenvalue weighted by atomic mass is 10.0. The first-order chi connectivity index (χ1) is 16.4. The lowest BCUT2D eigenvalue weighted by Crippen LogP contribution is -2.23. The zero-order valence-electron chi connectivity index (χ0n) is 17.9. The van der Waals surface area contributed by atoms with E-state index in [4.69, 9.17) is 5.73 Å². The third-order valence-corrected chi connectivity index (χ3v) is 5.63. The molecule has 0 radical (unpaired) electrons. The van der Waals surface area contributed by atoms with Crippen molar-refractivity contribution in [2.45, 2.75) is 13.1 Å². The molecule has 5 rings (SSSR count). The highest BCUT2D eigenvalue weighted by molar-refractivity contribution is 6.21. The molecule has 0 aliphatic heterocycles. The Hall–Kier alpha value is -4.66. The highest BCUT2D eigenvalue weighted by Crippen LogP contribution is 2.42. The lowest BCUT2D eigenvalue weighted by Gasteiger charge is -2.11. The normalized spacial score (nSPS) is 11.2. The van der Waals surface area contributed by atoms with Gasteiger partial charge in [0.1, 0.15) is 11.3 Å². The molecule has 5 aromatic rings. The van der Waals surface area contributed by atoms with Gasteiger partial charge in [0.05, 0.1) is 41.6 Å². The Morgan fingerprint density at radius 1 is 1.06 bits per heavy atom. The van der Waals surface area contributed by atoms with Crippen LogP contribution in [0.25, 0.3) is 21.7 Å². The molecule has 0 aliphatic carbocycles. The Morgan fingerprint density at radius 3 is 2.59 bits per heavy atom. The third kappa shape index (κ3) is 3.73. The highest BCUT2D eigenvalue weighted by atomic mass is 19.1. The number of pyridine rings is 2. The fourth-order valence-corrected chi connectivity index (χ4v) is 3.98. The van der Waals surface area contributed by atoms with Crippen molar-refractivity contribution in [1.82, 2.24) is 19.9 Å². The Labute approximate surface area is 193 Å². The van der Waals surface area contributed by atoms with Crippen molar-refractivity contribution in [1.29, 1.82) is 0 Å². The summed E-state index contributed by atoms with van der Waals surface area (Å²) in [6.45, 7) is 0.367. The largest absolute Gasteiger partial charge is 0.505 e. The van der Waals surface area contributed by atoms with Crippen LogP contribution in [-0.2, 0) is 13.1 Å². The maximum Gasteiger partial charge on any atom is 0.252 e. The molecule has 8 nitrogen and oxygen atoms in total. The number of phenolic OH excluding ortho intramolecular Hbond substituents is 1. The number of aromatic hydroxyl groups is 2. The molecule has 1 amide bonds. The predicted octanol–water partition coefficient (Wildman–Crippen LogP) is 3.70. The van der Waals surface area contributed by atoms with E-state index in [0.29, 0.717) is 22.2 Å². The summed E-state index contributed by atoms with van der Waals surface area (Å²) >= 11 is 0. The standard InChI is InChI=1S/C25H20FN5O3/c26-15-5-3-14(4-6-15)12-31-13-19-20(24(33)30-11-17-8-7-16(27)10-29-17)18-2-1-9-28-22(18)23(32)21(19)25(31)34/h1-10,13,32,34H,11-12,27H2,(H,30,33). The Morgan fingerprint density at radius 2 is 1.85 bits per heavy atom. The van der Waals surface area contributed by atoms with E-state index in [1.165, 1.54) is 29.1 Å². The summed E-state index contributed by atoms with van der Waals surface area (Å²) < 4.78 is 14.8. The molecule has 34 heavy (non-hydrogen) atoms. The summed E-state index contributed by atoms with van der Waals surface area (Å²) in [6.07, 6.45) is 4.60. The minimum absolute atomic E-state index is 0.115. The van der Waals surface area contributed by atoms with Gasteiger partial charge in [0.25, 0.3) is 5.91 Å². The van der Waals surface area contributed by atoms with Crippen LogP contribution in [0.4, 0.5) is 10.1 Å². The molecule has 3 aromatic heterocycles. The van der Waals surface area contributed by atoms with E-state index in [1.807, 2.05) is 0 Å². The van der Waals surface area contributed by atoms with Gasteiger partial charge in [0.2, 0.25) is 5.88 Å². The number of hydrogen-bond acceptors (Lipinski definition) is 6. The van der Waals surface area contributed by atoms with Gasteiger partial charge in [-0.2, -0.15) is 0 Å². The number of benzene rings is 2. The van der Waals surface area contributed by atoms with Crippen LogP contribution in [0.1, 0.15) is 21.6 Å². The number of nitrogens with one attached hydrogen (secondary N) is 1. The summed E-state index contributed by atoms with van der Waals surface area (Å²) in [5.74, 6) is -1.23. The minimum atomic E-state index is -0.416. The van der Waals surface area contributed by atoms with Gasteiger partial charge < -0.3 is 25.8 Å². The quantitative estimate of drug-likeness (QED) is 0.319. The van der Waals surface area contributed by atoms with Crippen LogP contribution in [-0.4, -0.2) is 30.7 Å². The predicted molar refractivity (Wildman–Crippen MR) is 126 cm³/mol. The Balaban J connectivity index is 1.61. The molecule has 0 spiro atoms. The SMILES string of the molecule is Nc1ccc(CNC(=O)c2c3cccnc3c(O)c3c(O)n(Cc4ccc(F)cc4)cc23)nc1. The maximum absolute atomic E-state index is 13.3. The molecule has 2 aromatic carbocycles. The second kappa shape index (κ2) is 8.36. The molecule has 0 bridgehead atoms. The molecular formula is C25H20FN5O3. The maximum atomic E-state index is 13.3. The van der Waals surface area contributed by atoms with E-state index in [-0.39, 0.29) is 47.0 Å². The number of nitrogens with zero attached hydrogens (tertiary/aromatic N) is 3. The number of hydrogen-bond donors (Lipinski definition) is 4. The summed E-state index contributed by atoms with van der Waals surface area (Å²) in [5, 5.41) is 25.6. The molecule has 3 heterocycles. The number of anilines is 1. The first kappa shape index (κ1) is 21.2. The van der Waals surface area contributed by atoms with E-state index >= 15 is 0 Å². The molecule has 0 fully saturated rings. The first-order valence-electron chi connectivity index (χ1n) is 10.5. The Kier molecular flexibility index (Phi) is 5.21. The Bertz CT molecular complexity index is 1530. The number of phenols is 1. The second-order valence-corrected chi connectivity index (χ2v) is 7.88. The second-order valence-electron chi connectivity index (χ2n) is 7.88. The average molecular weight is 457 g/mol. The zero-order chi connectivity index (χ0) is 23.8. The summed E-state index contributed by atoms with van der Waals surface area (Å²) in [7, 11) is 0. The van der Waals surface area contributed by atoms with Crippen LogP contribution in [0.5, 0.6) is 11.6 Å². The van der Waals surface area contributed by atoms with Crippen LogP contribution >= 0.6 is 0 Å². The molecule has 5 N–H and O–H groups in total. The number of amides is 1. The van der Waals surface area contributed by atoms with Crippen molar-refractivity contribution in [3.63, 3.8) is 0 Å². The van der Waals surface area contributed by atoms with Gasteiger partial charge in [0, 0.05) is 23.2 Å². The van der Waals surface area contributed by atoms with E-state index in [9.17, 15) is 19.4 Å². The van der Waals surface area contributed by atoms with Gasteiger partial charge in [-0.05, 0) is 35.9 Å². The summed E-state index contributed by atoms with van der Waals surface area (Å²) in [6, 6.07) is 12.6. The van der Waals surface area contributed by atoms with Gasteiger partial charge in [-0.1, -0.05) is 18.2 Å². The van der Waals surface area contributed by atoms with Gasteiger partial charge in [-0.15, -0.1) is 0 Å². The van der Waals surface area contributed by atoms with Gasteiger partial charge >= 0.3 is 0 Å². The van der Waals surface area contributed by atoms with Crippen molar-refractivity contribution >= 4 is 33.3 Å². The number of fused-ring (bicyclic) bond motifs is 2. The number of carbonyl (C=O) groups excluding carboxylic acids is 1. The molecule has 0 saturated carbocycles. The molecular weight excluding hydrogens is 437 g/mol. The average Bonchev–Trinajstić information content (AvgIpc) is 3.16. The van der Waals surface area contributed by atoms with Gasteiger partial charge in [-0.3, -0.25) is 14.8 Å². The topological polar surface area (TPSA) is 126 Å². The zero-order valence-corrected chi connectivity index (χ0v) is 17.9. The van der Waals surface area contributed by atoms with Crippen LogP contribution in [0.2, 0.25) is 0 Å². The van der Waals surface area contributed by atoms with Crippen LogP contribution in [0.15, 0.2) is 67.1 Å². The molecule has 170 valence electrons. The van der Waals surface area contributed by atoms with E-state index in [2.05, 4.69) is 15.3 Å². The summed E-state index contributed by atoms with van der Waals surface area (Å²) in [4.78, 5) is 21.8. The van der Waals surface area contributed by atoms with Crippen LogP contribution in [0, 0.1) is 5.82 Å². The van der Waals surface area contributed by atoms with Crippen molar-refractivity contribution in [2.75, 3.05) is 5.73 Å². The summed E-state index contributed by atoms with van der Waals surface area (Å²) in [5.41, 5.74) is 8.00. The molecule has 0 atom stereocenters. The number of nitrogen functional groups attached to an aromatic ring is 1. The van der Waals surface area contributed by atoms with Crippen LogP contribution < -0.4 is 11.1 Å². The highest BCUT2D eigenvalue weighted by Gasteiger charge is 2.24. The van der Waals surface area contributed by atoms with Gasteiger partial charge in [-0.25, -0.2) is 4.39 Å². The number of carbonyl (C=O) groups is 1. The minimum Gasteiger partial charge on any atom is -0.505 e. The smallest absolute Gasteiger partial charge is 0.252 e. The van der Waals surface area contributed by atoms with Crippen molar-refractivity contribution in [3.8, 4) is 11.6 Å².